The Morgan fingerprint density at radius 3 is 2.84 bits per heavy atom. The van der Waals surface area contributed by atoms with E-state index in [0.717, 1.165) is 30.2 Å². The Kier molecular flexibility index (Phi) is 6.74. The van der Waals surface area contributed by atoms with Crippen molar-refractivity contribution in [3.63, 3.8) is 0 Å². The van der Waals surface area contributed by atoms with E-state index < -0.39 is 0 Å². The van der Waals surface area contributed by atoms with Crippen molar-refractivity contribution in [2.75, 3.05) is 26.7 Å². The van der Waals surface area contributed by atoms with Gasteiger partial charge in [0.25, 0.3) is 0 Å². The van der Waals surface area contributed by atoms with Gasteiger partial charge in [-0.25, -0.2) is 0 Å². The first-order chi connectivity index (χ1) is 12.2. The van der Waals surface area contributed by atoms with Crippen molar-refractivity contribution in [1.29, 1.82) is 0 Å². The molecule has 4 nitrogen and oxygen atoms in total. The zero-order valence-corrected chi connectivity index (χ0v) is 15.5. The van der Waals surface area contributed by atoms with E-state index in [-0.39, 0.29) is 5.91 Å². The van der Waals surface area contributed by atoms with E-state index in [1.54, 1.807) is 7.11 Å². The third kappa shape index (κ3) is 5.74. The van der Waals surface area contributed by atoms with Gasteiger partial charge in [0.05, 0.1) is 13.5 Å². The molecule has 2 aliphatic rings. The lowest BCUT2D eigenvalue weighted by atomic mass is 9.88. The van der Waals surface area contributed by atoms with E-state index in [1.807, 2.05) is 24.3 Å². The Labute approximate surface area is 151 Å². The van der Waals surface area contributed by atoms with Crippen molar-refractivity contribution in [2.24, 2.45) is 5.92 Å². The minimum absolute atomic E-state index is 0.123. The van der Waals surface area contributed by atoms with Gasteiger partial charge in [-0.1, -0.05) is 31.4 Å². The van der Waals surface area contributed by atoms with Gasteiger partial charge in [-0.05, 0) is 55.8 Å². The Bertz CT molecular complexity index is 555. The third-order valence-electron chi connectivity index (χ3n) is 5.61. The van der Waals surface area contributed by atoms with Crippen LogP contribution < -0.4 is 10.1 Å². The number of methoxy groups -OCH3 is 1. The molecule has 1 unspecified atom stereocenters. The standard InChI is InChI=1S/C21H32N2O2/c1-25-20-11-5-9-18(13-20)14-21(24)22-19-10-6-12-23(16-19)15-17-7-3-2-4-8-17/h5,9,11,13,17,19H,2-4,6-8,10,12,14-16H2,1H3,(H,22,24). The first-order valence-electron chi connectivity index (χ1n) is 9.87. The van der Waals surface area contributed by atoms with Crippen LogP contribution in [0.4, 0.5) is 0 Å². The Hall–Kier alpha value is -1.55. The van der Waals surface area contributed by atoms with E-state index in [4.69, 9.17) is 4.74 Å². The van der Waals surface area contributed by atoms with Crippen LogP contribution in [0.1, 0.15) is 50.5 Å². The fourth-order valence-electron chi connectivity index (χ4n) is 4.32. The van der Waals surface area contributed by atoms with Crippen LogP contribution in [0, 0.1) is 5.92 Å². The summed E-state index contributed by atoms with van der Waals surface area (Å²) in [5, 5.41) is 3.25. The molecule has 1 saturated heterocycles. The van der Waals surface area contributed by atoms with Crippen molar-refractivity contribution in [3.05, 3.63) is 29.8 Å². The van der Waals surface area contributed by atoms with Crippen LogP contribution in [0.3, 0.4) is 0 Å². The van der Waals surface area contributed by atoms with Gasteiger partial charge in [0.2, 0.25) is 5.91 Å². The zero-order chi connectivity index (χ0) is 17.5. The molecule has 0 spiro atoms. The van der Waals surface area contributed by atoms with Crippen molar-refractivity contribution >= 4 is 5.91 Å². The fourth-order valence-corrected chi connectivity index (χ4v) is 4.32. The molecule has 0 bridgehead atoms. The minimum Gasteiger partial charge on any atom is -0.497 e. The third-order valence-corrected chi connectivity index (χ3v) is 5.61. The number of carbonyl (C=O) groups is 1. The number of piperidine rings is 1. The van der Waals surface area contributed by atoms with Crippen LogP contribution in [0.15, 0.2) is 24.3 Å². The summed E-state index contributed by atoms with van der Waals surface area (Å²) in [4.78, 5) is 15.0. The van der Waals surface area contributed by atoms with Gasteiger partial charge in [-0.3, -0.25) is 4.79 Å². The number of rotatable bonds is 6. The molecule has 4 heteroatoms. The first kappa shape index (κ1) is 18.2. The molecule has 1 aliphatic carbocycles. The highest BCUT2D eigenvalue weighted by atomic mass is 16.5. The van der Waals surface area contributed by atoms with Crippen LogP contribution in [0.5, 0.6) is 5.75 Å². The van der Waals surface area contributed by atoms with Gasteiger partial charge in [0.15, 0.2) is 0 Å². The molecule has 25 heavy (non-hydrogen) atoms. The highest BCUT2D eigenvalue weighted by molar-refractivity contribution is 5.79. The van der Waals surface area contributed by atoms with Crippen molar-refractivity contribution in [3.8, 4) is 5.75 Å². The molecule has 1 atom stereocenters. The topological polar surface area (TPSA) is 41.6 Å². The number of hydrogen-bond donors (Lipinski definition) is 1. The lowest BCUT2D eigenvalue weighted by molar-refractivity contribution is -0.121. The van der Waals surface area contributed by atoms with Gasteiger partial charge < -0.3 is 15.0 Å². The molecule has 1 saturated carbocycles. The Morgan fingerprint density at radius 2 is 2.04 bits per heavy atom. The maximum atomic E-state index is 12.4. The van der Waals surface area contributed by atoms with Crippen LogP contribution in [0.25, 0.3) is 0 Å². The van der Waals surface area contributed by atoms with E-state index in [1.165, 1.54) is 51.6 Å². The van der Waals surface area contributed by atoms with Crippen LogP contribution >= 0.6 is 0 Å². The number of likely N-dealkylation sites (tertiary alicyclic amines) is 1. The molecule has 0 aromatic heterocycles. The lowest BCUT2D eigenvalue weighted by Gasteiger charge is -2.36. The average Bonchev–Trinajstić information content (AvgIpc) is 2.63. The summed E-state index contributed by atoms with van der Waals surface area (Å²) < 4.78 is 5.23. The highest BCUT2D eigenvalue weighted by Crippen LogP contribution is 2.25. The molecule has 138 valence electrons. The van der Waals surface area contributed by atoms with Gasteiger partial charge in [0.1, 0.15) is 5.75 Å². The molecule has 3 rings (SSSR count). The zero-order valence-electron chi connectivity index (χ0n) is 15.5. The Balaban J connectivity index is 1.45. The number of benzene rings is 1. The van der Waals surface area contributed by atoms with E-state index in [0.29, 0.717) is 12.5 Å². The normalized spacial score (nSPS) is 22.5. The second kappa shape index (κ2) is 9.23. The summed E-state index contributed by atoms with van der Waals surface area (Å²) >= 11 is 0. The first-order valence-corrected chi connectivity index (χ1v) is 9.87. The number of carbonyl (C=O) groups excluding carboxylic acids is 1. The second-order valence-electron chi connectivity index (χ2n) is 7.70. The monoisotopic (exact) mass is 344 g/mol. The maximum Gasteiger partial charge on any atom is 0.224 e. The van der Waals surface area contributed by atoms with Crippen LogP contribution in [-0.4, -0.2) is 43.6 Å². The number of nitrogens with one attached hydrogen (secondary N) is 1. The minimum atomic E-state index is 0.123. The van der Waals surface area contributed by atoms with Crippen molar-refractivity contribution in [2.45, 2.75) is 57.4 Å². The van der Waals surface area contributed by atoms with E-state index in [2.05, 4.69) is 10.2 Å². The van der Waals surface area contributed by atoms with E-state index in [9.17, 15) is 4.79 Å². The SMILES string of the molecule is COc1cccc(CC(=O)NC2CCCN(CC3CCCCC3)C2)c1. The second-order valence-corrected chi connectivity index (χ2v) is 7.70. The molecule has 1 N–H and O–H groups in total. The molecule has 2 fully saturated rings. The molecule has 1 heterocycles. The quantitative estimate of drug-likeness (QED) is 0.860. The molecule has 1 aromatic rings. The highest BCUT2D eigenvalue weighted by Gasteiger charge is 2.24. The molecule has 1 amide bonds. The van der Waals surface area contributed by atoms with Gasteiger partial charge in [-0.2, -0.15) is 0 Å². The number of hydrogen-bond acceptors (Lipinski definition) is 3. The average molecular weight is 344 g/mol. The Morgan fingerprint density at radius 1 is 1.20 bits per heavy atom. The lowest BCUT2D eigenvalue weighted by Crippen LogP contribution is -2.49. The summed E-state index contributed by atoms with van der Waals surface area (Å²) in [6.07, 6.45) is 9.72. The van der Waals surface area contributed by atoms with Crippen molar-refractivity contribution in [1.82, 2.24) is 10.2 Å². The predicted molar refractivity (Wildman–Crippen MR) is 101 cm³/mol. The van der Waals surface area contributed by atoms with Gasteiger partial charge >= 0.3 is 0 Å². The number of amides is 1. The molecular formula is C21H32N2O2. The maximum absolute atomic E-state index is 12.4. The molecule has 1 aromatic carbocycles. The summed E-state index contributed by atoms with van der Waals surface area (Å²) in [5.41, 5.74) is 1.01. The smallest absolute Gasteiger partial charge is 0.224 e. The van der Waals surface area contributed by atoms with Crippen LogP contribution in [0.2, 0.25) is 0 Å². The predicted octanol–water partition coefficient (Wildman–Crippen LogP) is 3.40. The number of ether oxygens (including phenoxy) is 1. The van der Waals surface area contributed by atoms with Crippen LogP contribution in [-0.2, 0) is 11.2 Å². The largest absolute Gasteiger partial charge is 0.497 e. The molecule has 0 radical (unpaired) electrons. The van der Waals surface area contributed by atoms with Gasteiger partial charge in [-0.15, -0.1) is 0 Å². The van der Waals surface area contributed by atoms with E-state index >= 15 is 0 Å². The molecular weight excluding hydrogens is 312 g/mol. The summed E-state index contributed by atoms with van der Waals surface area (Å²) in [6, 6.07) is 8.07. The van der Waals surface area contributed by atoms with Gasteiger partial charge in [0, 0.05) is 19.1 Å². The van der Waals surface area contributed by atoms with Crippen molar-refractivity contribution < 1.29 is 9.53 Å². The number of nitrogens with zero attached hydrogens (tertiary/aromatic N) is 1. The summed E-state index contributed by atoms with van der Waals surface area (Å²) in [7, 11) is 1.65. The molecule has 1 aliphatic heterocycles. The fraction of sp³-hybridized carbons (Fsp3) is 0.667. The summed E-state index contributed by atoms with van der Waals surface area (Å²) in [6.45, 7) is 3.43. The summed E-state index contributed by atoms with van der Waals surface area (Å²) in [5.74, 6) is 1.80.